The van der Waals surface area contributed by atoms with E-state index in [1.54, 1.807) is 19.1 Å². The van der Waals surface area contributed by atoms with Crippen LogP contribution in [0.25, 0.3) is 0 Å². The van der Waals surface area contributed by atoms with Crippen LogP contribution in [0.15, 0.2) is 18.2 Å². The van der Waals surface area contributed by atoms with Crippen molar-refractivity contribution in [3.05, 3.63) is 23.2 Å². The molecule has 2 rings (SSSR count). The SMILES string of the molecule is CCC(C(=O)NC1CCCCCCC1)N(c1cc(Cl)ccc1OC)S(C)(=O)=O. The van der Waals surface area contributed by atoms with Gasteiger partial charge in [-0.15, -0.1) is 0 Å². The maximum absolute atomic E-state index is 13.1. The number of nitrogens with one attached hydrogen (secondary N) is 1. The maximum Gasteiger partial charge on any atom is 0.244 e. The van der Waals surface area contributed by atoms with E-state index in [-0.39, 0.29) is 17.6 Å². The molecule has 0 heterocycles. The molecule has 0 bridgehead atoms. The molecular weight excluding hydrogens is 400 g/mol. The summed E-state index contributed by atoms with van der Waals surface area (Å²) in [6.07, 6.45) is 9.06. The van der Waals surface area contributed by atoms with Gasteiger partial charge >= 0.3 is 0 Å². The number of carbonyl (C=O) groups excluding carboxylic acids is 1. The molecule has 0 saturated heterocycles. The van der Waals surface area contributed by atoms with Gasteiger partial charge in [-0.05, 0) is 37.5 Å². The summed E-state index contributed by atoms with van der Waals surface area (Å²) in [4.78, 5) is 13.1. The Labute approximate surface area is 173 Å². The van der Waals surface area contributed by atoms with Crippen molar-refractivity contribution in [2.45, 2.75) is 70.4 Å². The van der Waals surface area contributed by atoms with Crippen molar-refractivity contribution in [2.75, 3.05) is 17.7 Å². The van der Waals surface area contributed by atoms with Gasteiger partial charge in [-0.1, -0.05) is 50.6 Å². The smallest absolute Gasteiger partial charge is 0.244 e. The lowest BCUT2D eigenvalue weighted by Gasteiger charge is -2.32. The minimum Gasteiger partial charge on any atom is -0.495 e. The van der Waals surface area contributed by atoms with E-state index in [0.717, 1.165) is 36.2 Å². The van der Waals surface area contributed by atoms with E-state index < -0.39 is 16.1 Å². The first-order chi connectivity index (χ1) is 13.3. The third-order valence-corrected chi connectivity index (χ3v) is 6.56. The Kier molecular flexibility index (Phi) is 8.43. The molecule has 0 radical (unpaired) electrons. The van der Waals surface area contributed by atoms with Crippen molar-refractivity contribution in [3.8, 4) is 5.75 Å². The largest absolute Gasteiger partial charge is 0.495 e. The third-order valence-electron chi connectivity index (χ3n) is 5.16. The summed E-state index contributed by atoms with van der Waals surface area (Å²) in [6.45, 7) is 1.80. The molecule has 8 heteroatoms. The van der Waals surface area contributed by atoms with Crippen LogP contribution in [0.4, 0.5) is 5.69 Å². The molecule has 0 aromatic heterocycles. The lowest BCUT2D eigenvalue weighted by atomic mass is 9.96. The predicted octanol–water partition coefficient (Wildman–Crippen LogP) is 4.12. The molecule has 1 unspecified atom stereocenters. The Balaban J connectivity index is 2.33. The molecule has 0 spiro atoms. The van der Waals surface area contributed by atoms with E-state index in [2.05, 4.69) is 5.32 Å². The number of rotatable bonds is 7. The third kappa shape index (κ3) is 6.01. The van der Waals surface area contributed by atoms with E-state index in [1.807, 2.05) is 0 Å². The Morgan fingerprint density at radius 3 is 2.39 bits per heavy atom. The number of anilines is 1. The monoisotopic (exact) mass is 430 g/mol. The number of amides is 1. The van der Waals surface area contributed by atoms with Crippen LogP contribution in [0.3, 0.4) is 0 Å². The van der Waals surface area contributed by atoms with Crippen molar-refractivity contribution >= 4 is 33.2 Å². The van der Waals surface area contributed by atoms with Crippen molar-refractivity contribution in [2.24, 2.45) is 0 Å². The molecule has 1 aliphatic carbocycles. The van der Waals surface area contributed by atoms with Gasteiger partial charge in [0, 0.05) is 11.1 Å². The maximum atomic E-state index is 13.1. The van der Waals surface area contributed by atoms with Crippen LogP contribution >= 0.6 is 11.6 Å². The molecule has 1 saturated carbocycles. The van der Waals surface area contributed by atoms with Crippen molar-refractivity contribution in [1.82, 2.24) is 5.32 Å². The highest BCUT2D eigenvalue weighted by Gasteiger charge is 2.34. The fraction of sp³-hybridized carbons (Fsp3) is 0.650. The average molecular weight is 431 g/mol. The number of benzene rings is 1. The molecule has 1 fully saturated rings. The summed E-state index contributed by atoms with van der Waals surface area (Å²) in [5.41, 5.74) is 0.275. The summed E-state index contributed by atoms with van der Waals surface area (Å²) in [6, 6.07) is 3.97. The highest BCUT2D eigenvalue weighted by molar-refractivity contribution is 7.92. The van der Waals surface area contributed by atoms with Crippen LogP contribution < -0.4 is 14.4 Å². The van der Waals surface area contributed by atoms with Crippen LogP contribution in [-0.2, 0) is 14.8 Å². The molecule has 1 aromatic rings. The van der Waals surface area contributed by atoms with E-state index in [0.29, 0.717) is 17.2 Å². The van der Waals surface area contributed by atoms with Crippen LogP contribution in [-0.4, -0.2) is 39.8 Å². The number of sulfonamides is 1. The standard InChI is InChI=1S/C20H31ClN2O4S/c1-4-17(20(24)22-16-10-8-6-5-7-9-11-16)23(28(3,25)26)18-14-15(21)12-13-19(18)27-2/h12-14,16-17H,4-11H2,1-3H3,(H,22,24). The molecule has 6 nitrogen and oxygen atoms in total. The lowest BCUT2D eigenvalue weighted by molar-refractivity contribution is -0.123. The first kappa shape index (κ1) is 22.8. The minimum atomic E-state index is -3.74. The lowest BCUT2D eigenvalue weighted by Crippen LogP contribution is -2.51. The summed E-state index contributed by atoms with van der Waals surface area (Å²) < 4.78 is 31.8. The van der Waals surface area contributed by atoms with Gasteiger partial charge in [-0.2, -0.15) is 0 Å². The predicted molar refractivity (Wildman–Crippen MR) is 114 cm³/mol. The normalized spacial score (nSPS) is 17.3. The average Bonchev–Trinajstić information content (AvgIpc) is 2.60. The fourth-order valence-electron chi connectivity index (χ4n) is 3.77. The van der Waals surface area contributed by atoms with E-state index in [4.69, 9.17) is 16.3 Å². The Morgan fingerprint density at radius 2 is 1.86 bits per heavy atom. The molecule has 28 heavy (non-hydrogen) atoms. The van der Waals surface area contributed by atoms with Crippen molar-refractivity contribution in [3.63, 3.8) is 0 Å². The molecule has 0 aliphatic heterocycles. The number of nitrogens with zero attached hydrogens (tertiary/aromatic N) is 1. The first-order valence-electron chi connectivity index (χ1n) is 9.91. The van der Waals surface area contributed by atoms with Crippen LogP contribution in [0.2, 0.25) is 5.02 Å². The molecular formula is C20H31ClN2O4S. The summed E-state index contributed by atoms with van der Waals surface area (Å²) in [5.74, 6) is 0.0764. The van der Waals surface area contributed by atoms with E-state index in [9.17, 15) is 13.2 Å². The Bertz CT molecular complexity index is 761. The number of carbonyl (C=O) groups is 1. The van der Waals surface area contributed by atoms with Gasteiger partial charge in [0.1, 0.15) is 11.8 Å². The van der Waals surface area contributed by atoms with E-state index >= 15 is 0 Å². The fourth-order valence-corrected chi connectivity index (χ4v) is 5.14. The zero-order chi connectivity index (χ0) is 20.7. The highest BCUT2D eigenvalue weighted by atomic mass is 35.5. The van der Waals surface area contributed by atoms with E-state index in [1.165, 1.54) is 32.4 Å². The van der Waals surface area contributed by atoms with Crippen LogP contribution in [0.1, 0.15) is 58.3 Å². The van der Waals surface area contributed by atoms with Gasteiger partial charge in [0.05, 0.1) is 19.1 Å². The van der Waals surface area contributed by atoms with Gasteiger partial charge < -0.3 is 10.1 Å². The molecule has 1 atom stereocenters. The van der Waals surface area contributed by atoms with Gasteiger partial charge in [-0.25, -0.2) is 8.42 Å². The summed E-state index contributed by atoms with van der Waals surface area (Å²) >= 11 is 6.11. The van der Waals surface area contributed by atoms with Gasteiger partial charge in [0.25, 0.3) is 0 Å². The van der Waals surface area contributed by atoms with Crippen LogP contribution in [0, 0.1) is 0 Å². The second-order valence-electron chi connectivity index (χ2n) is 7.35. The van der Waals surface area contributed by atoms with Gasteiger partial charge in [-0.3, -0.25) is 9.10 Å². The van der Waals surface area contributed by atoms with Gasteiger partial charge in [0.15, 0.2) is 0 Å². The molecule has 1 amide bonds. The highest BCUT2D eigenvalue weighted by Crippen LogP contribution is 2.35. The zero-order valence-electron chi connectivity index (χ0n) is 16.9. The minimum absolute atomic E-state index is 0.0875. The molecule has 1 aliphatic rings. The zero-order valence-corrected chi connectivity index (χ0v) is 18.5. The van der Waals surface area contributed by atoms with Crippen molar-refractivity contribution < 1.29 is 17.9 Å². The van der Waals surface area contributed by atoms with Gasteiger partial charge in [0.2, 0.25) is 15.9 Å². The summed E-state index contributed by atoms with van der Waals surface area (Å²) in [7, 11) is -2.28. The number of methoxy groups -OCH3 is 1. The Morgan fingerprint density at radius 1 is 1.25 bits per heavy atom. The summed E-state index contributed by atoms with van der Waals surface area (Å²) in [5, 5.41) is 3.47. The number of hydrogen-bond donors (Lipinski definition) is 1. The number of hydrogen-bond acceptors (Lipinski definition) is 4. The first-order valence-corrected chi connectivity index (χ1v) is 12.1. The van der Waals surface area contributed by atoms with Crippen molar-refractivity contribution in [1.29, 1.82) is 0 Å². The number of halogens is 1. The second-order valence-corrected chi connectivity index (χ2v) is 9.65. The van der Waals surface area contributed by atoms with Crippen LogP contribution in [0.5, 0.6) is 5.75 Å². The molecule has 1 aromatic carbocycles. The number of ether oxygens (including phenoxy) is 1. The topological polar surface area (TPSA) is 75.7 Å². The quantitative estimate of drug-likeness (QED) is 0.705. The second kappa shape index (κ2) is 10.3. The molecule has 158 valence electrons. The Hall–Kier alpha value is -1.47. The molecule has 1 N–H and O–H groups in total.